The molecular formula is C31H44N4O8. The number of unbranched alkanes of at least 4 members (excludes halogenated alkanes) is 1. The fraction of sp³-hybridized carbons (Fsp3) is 0.484. The molecule has 0 bridgehead atoms. The first-order valence-corrected chi connectivity index (χ1v) is 14.4. The van der Waals surface area contributed by atoms with Crippen molar-refractivity contribution >= 4 is 23.8 Å². The van der Waals surface area contributed by atoms with Crippen molar-refractivity contribution in [2.45, 2.75) is 50.8 Å². The number of rotatable bonds is 22. The van der Waals surface area contributed by atoms with Crippen LogP contribution in [0.15, 0.2) is 60.7 Å². The molecule has 2 rings (SSSR count). The molecule has 0 fully saturated rings. The number of nitrogens with two attached hydrogens (primary N) is 1. The van der Waals surface area contributed by atoms with Gasteiger partial charge in [0.15, 0.2) is 0 Å². The number of carbonyl (C=O) groups excluding carboxylic acids is 4. The van der Waals surface area contributed by atoms with Gasteiger partial charge in [0, 0.05) is 26.5 Å². The van der Waals surface area contributed by atoms with Gasteiger partial charge in [-0.15, -0.1) is 0 Å². The highest BCUT2D eigenvalue weighted by molar-refractivity contribution is 5.90. The molecule has 2 aromatic carbocycles. The molecule has 236 valence electrons. The van der Waals surface area contributed by atoms with Gasteiger partial charge in [-0.3, -0.25) is 14.4 Å². The highest BCUT2D eigenvalue weighted by atomic mass is 16.5. The van der Waals surface area contributed by atoms with Crippen LogP contribution in [0.4, 0.5) is 4.79 Å². The highest BCUT2D eigenvalue weighted by Crippen LogP contribution is 2.07. The Morgan fingerprint density at radius 2 is 1.40 bits per heavy atom. The van der Waals surface area contributed by atoms with Crippen molar-refractivity contribution in [3.63, 3.8) is 0 Å². The molecule has 2 aromatic rings. The summed E-state index contributed by atoms with van der Waals surface area (Å²) in [4.78, 5) is 49.9. The normalized spacial score (nSPS) is 12.1. The predicted molar refractivity (Wildman–Crippen MR) is 160 cm³/mol. The van der Waals surface area contributed by atoms with Crippen molar-refractivity contribution < 1.29 is 38.1 Å². The van der Waals surface area contributed by atoms with Gasteiger partial charge in [0.25, 0.3) is 0 Å². The lowest BCUT2D eigenvalue weighted by Crippen LogP contribution is -2.53. The fourth-order valence-electron chi connectivity index (χ4n) is 3.94. The highest BCUT2D eigenvalue weighted by Gasteiger charge is 2.26. The third-order valence-corrected chi connectivity index (χ3v) is 6.28. The van der Waals surface area contributed by atoms with E-state index in [1.165, 1.54) is 0 Å². The second kappa shape index (κ2) is 21.7. The first-order chi connectivity index (χ1) is 20.9. The SMILES string of the molecule is COCCOCCOCCC(=O)NCCCC[C@H](NC(=O)OCc1ccccc1)C(=O)N[C@@H](Cc1ccccc1)C(N)=O. The molecule has 0 heterocycles. The van der Waals surface area contributed by atoms with E-state index in [1.807, 2.05) is 60.7 Å². The van der Waals surface area contributed by atoms with E-state index in [1.54, 1.807) is 7.11 Å². The zero-order valence-corrected chi connectivity index (χ0v) is 24.8. The van der Waals surface area contributed by atoms with Crippen LogP contribution >= 0.6 is 0 Å². The van der Waals surface area contributed by atoms with Crippen LogP contribution in [0.1, 0.15) is 36.8 Å². The molecule has 4 amide bonds. The minimum atomic E-state index is -0.976. The van der Waals surface area contributed by atoms with E-state index in [0.717, 1.165) is 11.1 Å². The molecule has 5 N–H and O–H groups in total. The van der Waals surface area contributed by atoms with E-state index < -0.39 is 30.0 Å². The minimum absolute atomic E-state index is 0.0372. The Bertz CT molecular complexity index is 1090. The Balaban J connectivity index is 1.81. The predicted octanol–water partition coefficient (Wildman–Crippen LogP) is 1.85. The molecule has 2 atom stereocenters. The molecule has 12 nitrogen and oxygen atoms in total. The second-order valence-corrected chi connectivity index (χ2v) is 9.73. The van der Waals surface area contributed by atoms with E-state index in [2.05, 4.69) is 16.0 Å². The van der Waals surface area contributed by atoms with Gasteiger partial charge in [-0.2, -0.15) is 0 Å². The lowest BCUT2D eigenvalue weighted by atomic mass is 10.0. The van der Waals surface area contributed by atoms with Crippen LogP contribution in [0.5, 0.6) is 0 Å². The van der Waals surface area contributed by atoms with Crippen molar-refractivity contribution in [1.29, 1.82) is 0 Å². The molecule has 0 saturated heterocycles. The number of nitrogens with one attached hydrogen (secondary N) is 3. The maximum Gasteiger partial charge on any atom is 0.408 e. The Labute approximate surface area is 253 Å². The largest absolute Gasteiger partial charge is 0.445 e. The third-order valence-electron chi connectivity index (χ3n) is 6.28. The molecule has 0 aliphatic heterocycles. The smallest absolute Gasteiger partial charge is 0.408 e. The molecular weight excluding hydrogens is 556 g/mol. The van der Waals surface area contributed by atoms with E-state index in [0.29, 0.717) is 45.8 Å². The summed E-state index contributed by atoms with van der Waals surface area (Å²) in [6.07, 6.45) is 0.989. The maximum atomic E-state index is 13.2. The Kier molecular flexibility index (Phi) is 17.7. The molecule has 0 unspecified atom stereocenters. The molecule has 0 aliphatic rings. The zero-order chi connectivity index (χ0) is 31.1. The minimum Gasteiger partial charge on any atom is -0.445 e. The number of benzene rings is 2. The van der Waals surface area contributed by atoms with Gasteiger partial charge in [0.2, 0.25) is 17.7 Å². The van der Waals surface area contributed by atoms with Gasteiger partial charge in [0.05, 0.1) is 33.0 Å². The summed E-state index contributed by atoms with van der Waals surface area (Å²) in [5, 5.41) is 8.09. The number of alkyl carbamates (subject to hydrolysis) is 1. The number of ether oxygens (including phenoxy) is 4. The fourth-order valence-corrected chi connectivity index (χ4v) is 3.94. The van der Waals surface area contributed by atoms with E-state index in [9.17, 15) is 19.2 Å². The van der Waals surface area contributed by atoms with Gasteiger partial charge in [-0.25, -0.2) is 4.79 Å². The summed E-state index contributed by atoms with van der Waals surface area (Å²) >= 11 is 0. The molecule has 43 heavy (non-hydrogen) atoms. The third kappa shape index (κ3) is 16.3. The summed E-state index contributed by atoms with van der Waals surface area (Å²) in [6, 6.07) is 16.4. The first kappa shape index (κ1) is 35.2. The standard InChI is InChI=1S/C31H44N4O8/c1-40-18-19-42-21-20-41-17-15-28(36)33-16-9-8-14-26(35-31(39)43-23-25-12-6-3-7-13-25)30(38)34-27(29(32)37)22-24-10-4-2-5-11-24/h2-7,10-13,26-27H,8-9,14-23H2,1H3,(H2,32,37)(H,33,36)(H,34,38)(H,35,39)/t26-,27-/m0/s1. The Hall–Kier alpha value is -4.00. The van der Waals surface area contributed by atoms with E-state index in [-0.39, 0.29) is 38.4 Å². The number of hydrogen-bond acceptors (Lipinski definition) is 8. The van der Waals surface area contributed by atoms with Crippen molar-refractivity contribution in [2.75, 3.05) is 46.7 Å². The van der Waals surface area contributed by atoms with Crippen LogP contribution in [0.2, 0.25) is 0 Å². The van der Waals surface area contributed by atoms with Gasteiger partial charge < -0.3 is 40.6 Å². The van der Waals surface area contributed by atoms with Gasteiger partial charge in [-0.1, -0.05) is 60.7 Å². The Morgan fingerprint density at radius 1 is 0.767 bits per heavy atom. The Morgan fingerprint density at radius 3 is 2.05 bits per heavy atom. The molecule has 0 spiro atoms. The number of methoxy groups -OCH3 is 1. The quantitative estimate of drug-likeness (QED) is 0.149. The van der Waals surface area contributed by atoms with Crippen molar-refractivity contribution in [3.05, 3.63) is 71.8 Å². The average Bonchev–Trinajstić information content (AvgIpc) is 3.01. The van der Waals surface area contributed by atoms with Crippen LogP contribution in [0.3, 0.4) is 0 Å². The molecule has 0 aliphatic carbocycles. The van der Waals surface area contributed by atoms with Crippen LogP contribution in [0.25, 0.3) is 0 Å². The second-order valence-electron chi connectivity index (χ2n) is 9.73. The molecule has 0 saturated carbocycles. The van der Waals surface area contributed by atoms with Crippen LogP contribution in [0, 0.1) is 0 Å². The van der Waals surface area contributed by atoms with Crippen LogP contribution < -0.4 is 21.7 Å². The van der Waals surface area contributed by atoms with E-state index >= 15 is 0 Å². The average molecular weight is 601 g/mol. The van der Waals surface area contributed by atoms with Gasteiger partial charge in [0.1, 0.15) is 18.7 Å². The first-order valence-electron chi connectivity index (χ1n) is 14.4. The topological polar surface area (TPSA) is 167 Å². The van der Waals surface area contributed by atoms with Gasteiger partial charge in [-0.05, 0) is 30.4 Å². The molecule has 0 radical (unpaired) electrons. The summed E-state index contributed by atoms with van der Waals surface area (Å²) < 4.78 is 20.9. The monoisotopic (exact) mass is 600 g/mol. The number of primary amides is 1. The lowest BCUT2D eigenvalue weighted by Gasteiger charge is -2.22. The summed E-state index contributed by atoms with van der Waals surface area (Å²) in [5.41, 5.74) is 7.19. The molecule has 0 aromatic heterocycles. The van der Waals surface area contributed by atoms with Crippen molar-refractivity contribution in [1.82, 2.24) is 16.0 Å². The number of amides is 4. The summed E-state index contributed by atoms with van der Waals surface area (Å²) in [7, 11) is 1.60. The number of hydrogen-bond donors (Lipinski definition) is 4. The van der Waals surface area contributed by atoms with Crippen molar-refractivity contribution in [3.8, 4) is 0 Å². The van der Waals surface area contributed by atoms with Crippen LogP contribution in [-0.2, 0) is 46.4 Å². The molecule has 12 heteroatoms. The van der Waals surface area contributed by atoms with Crippen LogP contribution in [-0.4, -0.2) is 82.6 Å². The number of carbonyl (C=O) groups is 4. The van der Waals surface area contributed by atoms with E-state index in [4.69, 9.17) is 24.7 Å². The summed E-state index contributed by atoms with van der Waals surface area (Å²) in [5.74, 6) is -1.39. The van der Waals surface area contributed by atoms with Crippen molar-refractivity contribution in [2.24, 2.45) is 5.73 Å². The lowest BCUT2D eigenvalue weighted by molar-refractivity contribution is -0.128. The zero-order valence-electron chi connectivity index (χ0n) is 24.8. The maximum absolute atomic E-state index is 13.2. The summed E-state index contributed by atoms with van der Waals surface area (Å²) in [6.45, 7) is 2.54. The van der Waals surface area contributed by atoms with Gasteiger partial charge >= 0.3 is 6.09 Å².